The zero-order valence-corrected chi connectivity index (χ0v) is 9.24. The quantitative estimate of drug-likeness (QED) is 0.726. The maximum absolute atomic E-state index is 5.62. The molecule has 3 rings (SSSR count). The van der Waals surface area contributed by atoms with E-state index in [9.17, 15) is 0 Å². The molecule has 1 heterocycles. The highest BCUT2D eigenvalue weighted by atomic mass is 16.6. The van der Waals surface area contributed by atoms with Crippen LogP contribution >= 0.6 is 0 Å². The standard InChI is InChI=1S/C14H11BO2/c1-2-6-12(7-3-1)10-11-15-16-13-8-4-5-9-14(13)17-15/h1-11H/b11-10+. The Bertz CT molecular complexity index is 512. The summed E-state index contributed by atoms with van der Waals surface area (Å²) in [5.41, 5.74) is 1.13. The van der Waals surface area contributed by atoms with Crippen LogP contribution in [0, 0.1) is 0 Å². The molecular formula is C14H11BO2. The minimum atomic E-state index is -0.326. The van der Waals surface area contributed by atoms with Crippen LogP contribution in [-0.2, 0) is 0 Å². The first-order valence-electron chi connectivity index (χ1n) is 5.57. The Balaban J connectivity index is 1.72. The third kappa shape index (κ3) is 2.18. The molecule has 3 heteroatoms. The summed E-state index contributed by atoms with van der Waals surface area (Å²) in [5, 5.41) is 0. The summed E-state index contributed by atoms with van der Waals surface area (Å²) in [6.07, 6.45) is 2.00. The largest absolute Gasteiger partial charge is 0.625 e. The van der Waals surface area contributed by atoms with Gasteiger partial charge in [-0.1, -0.05) is 48.5 Å². The normalized spacial score (nSPS) is 13.3. The van der Waals surface area contributed by atoms with E-state index in [1.807, 2.05) is 66.6 Å². The van der Waals surface area contributed by atoms with Crippen molar-refractivity contribution in [2.45, 2.75) is 0 Å². The fourth-order valence-corrected chi connectivity index (χ4v) is 1.75. The second kappa shape index (κ2) is 4.38. The molecule has 0 N–H and O–H groups in total. The molecule has 2 aromatic carbocycles. The number of fused-ring (bicyclic) bond motifs is 1. The summed E-state index contributed by atoms with van der Waals surface area (Å²) in [4.78, 5) is 0. The smallest absolute Gasteiger partial charge is 0.520 e. The lowest BCUT2D eigenvalue weighted by atomic mass is 9.89. The lowest BCUT2D eigenvalue weighted by molar-refractivity contribution is 0.517. The van der Waals surface area contributed by atoms with Crippen molar-refractivity contribution in [1.29, 1.82) is 0 Å². The first-order chi connectivity index (χ1) is 8.42. The van der Waals surface area contributed by atoms with Crippen LogP contribution in [0.5, 0.6) is 11.5 Å². The molecule has 0 aromatic heterocycles. The summed E-state index contributed by atoms with van der Waals surface area (Å²) in [7, 11) is -0.326. The van der Waals surface area contributed by atoms with Crippen molar-refractivity contribution in [3.8, 4) is 11.5 Å². The van der Waals surface area contributed by atoms with Gasteiger partial charge in [0.1, 0.15) is 11.5 Å². The third-order valence-electron chi connectivity index (χ3n) is 2.58. The van der Waals surface area contributed by atoms with Gasteiger partial charge in [-0.2, -0.15) is 0 Å². The molecule has 0 saturated heterocycles. The van der Waals surface area contributed by atoms with Crippen molar-refractivity contribution in [3.63, 3.8) is 0 Å². The lowest BCUT2D eigenvalue weighted by Crippen LogP contribution is -2.21. The van der Waals surface area contributed by atoms with E-state index in [2.05, 4.69) is 0 Å². The van der Waals surface area contributed by atoms with Gasteiger partial charge in [0.25, 0.3) is 0 Å². The maximum atomic E-state index is 5.62. The van der Waals surface area contributed by atoms with Gasteiger partial charge in [-0.3, -0.25) is 0 Å². The zero-order chi connectivity index (χ0) is 11.5. The number of benzene rings is 2. The number of hydrogen-bond donors (Lipinski definition) is 0. The van der Waals surface area contributed by atoms with E-state index in [0.29, 0.717) is 0 Å². The Labute approximate surface area is 101 Å². The molecule has 17 heavy (non-hydrogen) atoms. The Hall–Kier alpha value is -2.16. The third-order valence-corrected chi connectivity index (χ3v) is 2.58. The molecule has 1 aliphatic heterocycles. The van der Waals surface area contributed by atoms with Crippen LogP contribution in [-0.4, -0.2) is 7.12 Å². The summed E-state index contributed by atoms with van der Waals surface area (Å²) in [6.45, 7) is 0. The Morgan fingerprint density at radius 1 is 0.765 bits per heavy atom. The second-order valence-electron chi connectivity index (χ2n) is 3.82. The minimum Gasteiger partial charge on any atom is -0.520 e. The molecule has 0 atom stereocenters. The first-order valence-corrected chi connectivity index (χ1v) is 5.57. The highest BCUT2D eigenvalue weighted by molar-refractivity contribution is 6.54. The van der Waals surface area contributed by atoms with E-state index >= 15 is 0 Å². The van der Waals surface area contributed by atoms with Gasteiger partial charge in [0, 0.05) is 0 Å². The monoisotopic (exact) mass is 222 g/mol. The van der Waals surface area contributed by atoms with Crippen LogP contribution in [0.15, 0.2) is 60.6 Å². The maximum Gasteiger partial charge on any atom is 0.625 e. The molecular weight excluding hydrogens is 211 g/mol. The molecule has 2 aromatic rings. The van der Waals surface area contributed by atoms with E-state index in [4.69, 9.17) is 9.31 Å². The van der Waals surface area contributed by atoms with Crippen molar-refractivity contribution in [1.82, 2.24) is 0 Å². The number of hydrogen-bond acceptors (Lipinski definition) is 2. The summed E-state index contributed by atoms with van der Waals surface area (Å²) in [5.74, 6) is 3.51. The Kier molecular flexibility index (Phi) is 2.58. The topological polar surface area (TPSA) is 18.5 Å². The van der Waals surface area contributed by atoms with Crippen molar-refractivity contribution < 1.29 is 9.31 Å². The van der Waals surface area contributed by atoms with Gasteiger partial charge in [0.2, 0.25) is 0 Å². The van der Waals surface area contributed by atoms with E-state index in [0.717, 1.165) is 17.1 Å². The number of para-hydroxylation sites is 2. The van der Waals surface area contributed by atoms with Gasteiger partial charge in [-0.25, -0.2) is 0 Å². The van der Waals surface area contributed by atoms with Crippen LogP contribution in [0.4, 0.5) is 0 Å². The predicted octanol–water partition coefficient (Wildman–Crippen LogP) is 3.20. The van der Waals surface area contributed by atoms with Gasteiger partial charge < -0.3 is 9.31 Å². The van der Waals surface area contributed by atoms with Crippen LogP contribution in [0.3, 0.4) is 0 Å². The van der Waals surface area contributed by atoms with Crippen LogP contribution in [0.1, 0.15) is 5.56 Å². The molecule has 0 unspecified atom stereocenters. The molecule has 0 aliphatic carbocycles. The van der Waals surface area contributed by atoms with E-state index in [1.165, 1.54) is 0 Å². The highest BCUT2D eigenvalue weighted by Crippen LogP contribution is 2.32. The van der Waals surface area contributed by atoms with Gasteiger partial charge in [0.15, 0.2) is 0 Å². The summed E-state index contributed by atoms with van der Waals surface area (Å²) < 4.78 is 11.2. The molecule has 2 nitrogen and oxygen atoms in total. The minimum absolute atomic E-state index is 0.326. The van der Waals surface area contributed by atoms with Gasteiger partial charge >= 0.3 is 7.12 Å². The Morgan fingerprint density at radius 2 is 1.35 bits per heavy atom. The van der Waals surface area contributed by atoms with Crippen molar-refractivity contribution in [2.75, 3.05) is 0 Å². The molecule has 82 valence electrons. The lowest BCUT2D eigenvalue weighted by Gasteiger charge is -1.97. The van der Waals surface area contributed by atoms with Gasteiger partial charge in [-0.15, -0.1) is 0 Å². The molecule has 1 aliphatic rings. The van der Waals surface area contributed by atoms with Crippen molar-refractivity contribution in [3.05, 3.63) is 66.1 Å². The summed E-state index contributed by atoms with van der Waals surface area (Å²) in [6, 6.07) is 17.8. The highest BCUT2D eigenvalue weighted by Gasteiger charge is 2.28. The average molecular weight is 222 g/mol. The Morgan fingerprint density at radius 3 is 2.00 bits per heavy atom. The van der Waals surface area contributed by atoms with Crippen molar-refractivity contribution in [2.24, 2.45) is 0 Å². The van der Waals surface area contributed by atoms with Gasteiger partial charge in [-0.05, 0) is 23.7 Å². The van der Waals surface area contributed by atoms with E-state index < -0.39 is 0 Å². The zero-order valence-electron chi connectivity index (χ0n) is 9.24. The molecule has 0 bridgehead atoms. The van der Waals surface area contributed by atoms with Crippen LogP contribution < -0.4 is 9.31 Å². The van der Waals surface area contributed by atoms with Crippen molar-refractivity contribution >= 4 is 13.2 Å². The van der Waals surface area contributed by atoms with Gasteiger partial charge in [0.05, 0.1) is 0 Å². The molecule has 0 spiro atoms. The van der Waals surface area contributed by atoms with Crippen LogP contribution in [0.25, 0.3) is 6.08 Å². The molecule has 0 radical (unpaired) electrons. The first kappa shape index (κ1) is 10.0. The SMILES string of the molecule is C(=C\c1ccccc1)/B1Oc2ccccc2O1. The fourth-order valence-electron chi connectivity index (χ4n) is 1.75. The van der Waals surface area contributed by atoms with E-state index in [1.54, 1.807) is 0 Å². The van der Waals surface area contributed by atoms with E-state index in [-0.39, 0.29) is 7.12 Å². The van der Waals surface area contributed by atoms with Crippen LogP contribution in [0.2, 0.25) is 0 Å². The fraction of sp³-hybridized carbons (Fsp3) is 0. The summed E-state index contributed by atoms with van der Waals surface area (Å²) >= 11 is 0. The molecule has 0 fully saturated rings. The number of rotatable bonds is 2. The second-order valence-corrected chi connectivity index (χ2v) is 3.82. The molecule has 0 saturated carbocycles. The molecule has 0 amide bonds. The predicted molar refractivity (Wildman–Crippen MR) is 68.9 cm³/mol. The average Bonchev–Trinajstić information content (AvgIpc) is 2.80.